The van der Waals surface area contributed by atoms with Gasteiger partial charge in [0.25, 0.3) is 0 Å². The molecule has 3 fully saturated rings. The van der Waals surface area contributed by atoms with Crippen LogP contribution >= 0.6 is 23.2 Å². The fourth-order valence-electron chi connectivity index (χ4n) is 5.59. The Labute approximate surface area is 178 Å². The molecule has 0 bridgehead atoms. The van der Waals surface area contributed by atoms with E-state index in [1.807, 2.05) is 18.0 Å². The van der Waals surface area contributed by atoms with Gasteiger partial charge >= 0.3 is 0 Å². The van der Waals surface area contributed by atoms with Crippen molar-refractivity contribution in [1.82, 2.24) is 9.80 Å². The van der Waals surface area contributed by atoms with Gasteiger partial charge in [-0.3, -0.25) is 9.69 Å². The number of hydrogen-bond acceptors (Lipinski definition) is 3. The molecule has 2 aliphatic heterocycles. The summed E-state index contributed by atoms with van der Waals surface area (Å²) in [5.41, 5.74) is 0.731. The first-order chi connectivity index (χ1) is 13.5. The maximum Gasteiger partial charge on any atom is 0.227 e. The predicted octanol–water partition coefficient (Wildman–Crippen LogP) is 4.56. The SMILES string of the molecule is CN(C(=O)Cc1ccc(Cl)c(Cl)c1)[C@@H]1[C@@H](N2CCCC2)CCC[C@]12CCCO2. The Morgan fingerprint density at radius 2 is 1.93 bits per heavy atom. The van der Waals surface area contributed by atoms with Crippen LogP contribution in [0.5, 0.6) is 0 Å². The van der Waals surface area contributed by atoms with Crippen molar-refractivity contribution in [1.29, 1.82) is 0 Å². The molecule has 154 valence electrons. The van der Waals surface area contributed by atoms with Crippen LogP contribution in [0.25, 0.3) is 0 Å². The van der Waals surface area contributed by atoms with E-state index in [2.05, 4.69) is 4.90 Å². The Kier molecular flexibility index (Phi) is 6.22. The minimum Gasteiger partial charge on any atom is -0.373 e. The Morgan fingerprint density at radius 1 is 1.18 bits per heavy atom. The van der Waals surface area contributed by atoms with Gasteiger partial charge in [-0.15, -0.1) is 0 Å². The fraction of sp³-hybridized carbons (Fsp3) is 0.682. The normalized spacial score (nSPS) is 30.8. The predicted molar refractivity (Wildman–Crippen MR) is 113 cm³/mol. The molecule has 1 saturated carbocycles. The minimum atomic E-state index is -0.173. The van der Waals surface area contributed by atoms with Gasteiger partial charge in [0.2, 0.25) is 5.91 Å². The zero-order valence-corrected chi connectivity index (χ0v) is 18.1. The van der Waals surface area contributed by atoms with Gasteiger partial charge in [0.05, 0.1) is 28.1 Å². The molecule has 1 aromatic rings. The molecular weight excluding hydrogens is 395 g/mol. The number of halogens is 2. The van der Waals surface area contributed by atoms with E-state index in [9.17, 15) is 4.79 Å². The van der Waals surface area contributed by atoms with Crippen molar-refractivity contribution in [2.75, 3.05) is 26.7 Å². The van der Waals surface area contributed by atoms with E-state index >= 15 is 0 Å². The number of carbonyl (C=O) groups excluding carboxylic acids is 1. The third-order valence-corrected chi connectivity index (χ3v) is 7.64. The lowest BCUT2D eigenvalue weighted by atomic mass is 9.74. The molecule has 28 heavy (non-hydrogen) atoms. The van der Waals surface area contributed by atoms with Gasteiger partial charge < -0.3 is 9.64 Å². The second-order valence-electron chi connectivity index (χ2n) is 8.59. The minimum absolute atomic E-state index is 0.122. The number of amides is 1. The molecular formula is C22H30Cl2N2O2. The topological polar surface area (TPSA) is 32.8 Å². The molecule has 6 heteroatoms. The number of likely N-dealkylation sites (tertiary alicyclic amines) is 1. The van der Waals surface area contributed by atoms with Gasteiger partial charge in [-0.05, 0) is 75.7 Å². The first-order valence-electron chi connectivity index (χ1n) is 10.6. The van der Waals surface area contributed by atoms with Crippen LogP contribution in [0.15, 0.2) is 18.2 Å². The third kappa shape index (κ3) is 3.94. The number of carbonyl (C=O) groups is 1. The van der Waals surface area contributed by atoms with Crippen molar-refractivity contribution in [2.24, 2.45) is 0 Å². The molecule has 0 aromatic heterocycles. The average Bonchev–Trinajstić information content (AvgIpc) is 3.37. The van der Waals surface area contributed by atoms with Crippen LogP contribution in [0, 0.1) is 0 Å². The summed E-state index contributed by atoms with van der Waals surface area (Å²) < 4.78 is 6.38. The number of nitrogens with zero attached hydrogens (tertiary/aromatic N) is 2. The summed E-state index contributed by atoms with van der Waals surface area (Å²) in [6.45, 7) is 3.11. The van der Waals surface area contributed by atoms with Crippen molar-refractivity contribution in [2.45, 2.75) is 69.1 Å². The van der Waals surface area contributed by atoms with E-state index in [1.165, 1.54) is 19.3 Å². The highest BCUT2D eigenvalue weighted by atomic mass is 35.5. The lowest BCUT2D eigenvalue weighted by molar-refractivity contribution is -0.150. The molecule has 1 spiro atoms. The van der Waals surface area contributed by atoms with E-state index < -0.39 is 0 Å². The number of rotatable bonds is 4. The molecule has 4 nitrogen and oxygen atoms in total. The highest BCUT2D eigenvalue weighted by molar-refractivity contribution is 6.42. The van der Waals surface area contributed by atoms with Crippen LogP contribution in [0.1, 0.15) is 50.5 Å². The molecule has 0 unspecified atom stereocenters. The van der Waals surface area contributed by atoms with Crippen LogP contribution in [0.2, 0.25) is 10.0 Å². The molecule has 0 radical (unpaired) electrons. The van der Waals surface area contributed by atoms with Crippen molar-refractivity contribution < 1.29 is 9.53 Å². The Morgan fingerprint density at radius 3 is 2.61 bits per heavy atom. The summed E-state index contributed by atoms with van der Waals surface area (Å²) in [5, 5.41) is 1.02. The van der Waals surface area contributed by atoms with Crippen molar-refractivity contribution in [3.8, 4) is 0 Å². The summed E-state index contributed by atoms with van der Waals surface area (Å²) in [4.78, 5) is 17.9. The van der Waals surface area contributed by atoms with E-state index in [0.717, 1.165) is 50.9 Å². The third-order valence-electron chi connectivity index (χ3n) is 6.90. The van der Waals surface area contributed by atoms with Crippen molar-refractivity contribution in [3.05, 3.63) is 33.8 Å². The Hall–Kier alpha value is -0.810. The maximum absolute atomic E-state index is 13.3. The van der Waals surface area contributed by atoms with E-state index in [1.54, 1.807) is 12.1 Å². The van der Waals surface area contributed by atoms with Gasteiger partial charge in [0.1, 0.15) is 0 Å². The van der Waals surface area contributed by atoms with Crippen LogP contribution < -0.4 is 0 Å². The summed E-state index contributed by atoms with van der Waals surface area (Å²) in [7, 11) is 1.97. The van der Waals surface area contributed by atoms with E-state index in [-0.39, 0.29) is 17.6 Å². The second-order valence-corrected chi connectivity index (χ2v) is 9.41. The van der Waals surface area contributed by atoms with Gasteiger partial charge in [0.15, 0.2) is 0 Å². The van der Waals surface area contributed by atoms with E-state index in [4.69, 9.17) is 27.9 Å². The van der Waals surface area contributed by atoms with Gasteiger partial charge in [-0.2, -0.15) is 0 Å². The van der Waals surface area contributed by atoms with Crippen LogP contribution in [0.4, 0.5) is 0 Å². The van der Waals surface area contributed by atoms with Gasteiger partial charge in [-0.1, -0.05) is 29.3 Å². The van der Waals surface area contributed by atoms with E-state index in [0.29, 0.717) is 22.5 Å². The number of likely N-dealkylation sites (N-methyl/N-ethyl adjacent to an activating group) is 1. The first-order valence-corrected chi connectivity index (χ1v) is 11.3. The van der Waals surface area contributed by atoms with Crippen LogP contribution in [-0.4, -0.2) is 60.1 Å². The summed E-state index contributed by atoms with van der Waals surface area (Å²) in [5.74, 6) is 0.129. The smallest absolute Gasteiger partial charge is 0.227 e. The average molecular weight is 425 g/mol. The number of hydrogen-bond donors (Lipinski definition) is 0. The molecule has 2 heterocycles. The van der Waals surface area contributed by atoms with Gasteiger partial charge in [-0.25, -0.2) is 0 Å². The molecule has 1 aliphatic carbocycles. The lowest BCUT2D eigenvalue weighted by Crippen LogP contribution is -2.64. The molecule has 1 aromatic carbocycles. The number of benzene rings is 1. The summed E-state index contributed by atoms with van der Waals surface area (Å²) in [6, 6.07) is 5.98. The highest BCUT2D eigenvalue weighted by Gasteiger charge is 2.52. The molecule has 0 N–H and O–H groups in total. The molecule has 2 saturated heterocycles. The second kappa shape index (κ2) is 8.51. The zero-order valence-electron chi connectivity index (χ0n) is 16.6. The molecule has 4 rings (SSSR count). The molecule has 3 aliphatic rings. The van der Waals surface area contributed by atoms with Crippen LogP contribution in [-0.2, 0) is 16.0 Å². The van der Waals surface area contributed by atoms with Crippen molar-refractivity contribution in [3.63, 3.8) is 0 Å². The highest BCUT2D eigenvalue weighted by Crippen LogP contribution is 2.44. The van der Waals surface area contributed by atoms with Crippen LogP contribution in [0.3, 0.4) is 0 Å². The summed E-state index contributed by atoms with van der Waals surface area (Å²) in [6.07, 6.45) is 8.42. The monoisotopic (exact) mass is 424 g/mol. The summed E-state index contributed by atoms with van der Waals surface area (Å²) >= 11 is 12.2. The lowest BCUT2D eigenvalue weighted by Gasteiger charge is -2.51. The quantitative estimate of drug-likeness (QED) is 0.709. The zero-order chi connectivity index (χ0) is 19.7. The Balaban J connectivity index is 1.57. The first kappa shape index (κ1) is 20.5. The standard InChI is InChI=1S/C22H30Cl2N2O2/c1-25(20(27)15-16-7-8-17(23)18(24)14-16)21-19(26-11-2-3-12-26)6-4-9-22(21)10-5-13-28-22/h7-8,14,19,21H,2-6,9-13,15H2,1H3/t19-,21+,22-/m0/s1. The number of ether oxygens (including phenoxy) is 1. The van der Waals surface area contributed by atoms with Crippen molar-refractivity contribution >= 4 is 29.1 Å². The largest absolute Gasteiger partial charge is 0.373 e. The van der Waals surface area contributed by atoms with Gasteiger partial charge in [0, 0.05) is 19.7 Å². The molecule has 3 atom stereocenters. The molecule has 1 amide bonds. The Bertz CT molecular complexity index is 714. The maximum atomic E-state index is 13.3. The fourth-order valence-corrected chi connectivity index (χ4v) is 5.91.